The van der Waals surface area contributed by atoms with E-state index in [9.17, 15) is 13.2 Å². The molecule has 0 aliphatic heterocycles. The van der Waals surface area contributed by atoms with Gasteiger partial charge in [-0.15, -0.1) is 0 Å². The number of allylic oxidation sites excluding steroid dienone is 2. The highest BCUT2D eigenvalue weighted by atomic mass is 32.2. The fraction of sp³-hybridized carbons (Fsp3) is 0.160. The van der Waals surface area contributed by atoms with Crippen LogP contribution >= 0.6 is 0 Å². The molecule has 1 aliphatic rings. The van der Waals surface area contributed by atoms with Gasteiger partial charge >= 0.3 is 0 Å². The maximum Gasteiger partial charge on any atom is 0.257 e. The molecule has 2 heterocycles. The molecule has 0 saturated heterocycles. The number of sulfone groups is 1. The molecule has 0 saturated carbocycles. The number of anilines is 2. The molecule has 0 unspecified atom stereocenters. The summed E-state index contributed by atoms with van der Waals surface area (Å²) in [4.78, 5) is 21.0. The summed E-state index contributed by atoms with van der Waals surface area (Å²) in [6.45, 7) is 6.06. The topological polar surface area (TPSA) is 101 Å². The van der Waals surface area contributed by atoms with Crippen molar-refractivity contribution >= 4 is 33.2 Å². The Morgan fingerprint density at radius 3 is 2.61 bits per heavy atom. The van der Waals surface area contributed by atoms with Gasteiger partial charge in [-0.05, 0) is 60.9 Å². The van der Waals surface area contributed by atoms with Gasteiger partial charge in [0.15, 0.2) is 14.9 Å². The van der Waals surface area contributed by atoms with Gasteiger partial charge in [0.1, 0.15) is 0 Å². The number of benzene rings is 1. The SMILES string of the molecule is C=C1C=Cc2ncc(N[C@@H](C)c3cccc(NC(=O)c4ccc(S(C)(=O)=O)nc4)c3)cc2C1. The monoisotopic (exact) mass is 460 g/mol. The summed E-state index contributed by atoms with van der Waals surface area (Å²) >= 11 is 0. The van der Waals surface area contributed by atoms with E-state index in [-0.39, 0.29) is 22.5 Å². The normalized spacial score (nSPS) is 13.8. The van der Waals surface area contributed by atoms with Crippen LogP contribution in [-0.2, 0) is 16.3 Å². The zero-order valence-electron chi connectivity index (χ0n) is 18.4. The average molecular weight is 461 g/mol. The third-order valence-electron chi connectivity index (χ3n) is 5.30. The average Bonchev–Trinajstić information content (AvgIpc) is 2.78. The Morgan fingerprint density at radius 1 is 1.06 bits per heavy atom. The van der Waals surface area contributed by atoms with Crippen LogP contribution in [0.2, 0.25) is 0 Å². The number of nitrogens with one attached hydrogen (secondary N) is 2. The zero-order valence-corrected chi connectivity index (χ0v) is 19.2. The van der Waals surface area contributed by atoms with E-state index in [1.165, 1.54) is 18.3 Å². The Hall–Kier alpha value is -3.78. The Bertz CT molecular complexity index is 1360. The Balaban J connectivity index is 1.45. The first-order valence-electron chi connectivity index (χ1n) is 10.4. The summed E-state index contributed by atoms with van der Waals surface area (Å²) in [6.07, 6.45) is 8.89. The summed E-state index contributed by atoms with van der Waals surface area (Å²) in [6, 6.07) is 12.4. The number of carbonyl (C=O) groups is 1. The van der Waals surface area contributed by atoms with Gasteiger partial charge in [-0.25, -0.2) is 13.4 Å². The molecular formula is C25H24N4O3S. The van der Waals surface area contributed by atoms with Crippen molar-refractivity contribution in [1.29, 1.82) is 0 Å². The molecule has 0 bridgehead atoms. The van der Waals surface area contributed by atoms with Crippen LogP contribution < -0.4 is 10.6 Å². The number of carbonyl (C=O) groups excluding carboxylic acids is 1. The van der Waals surface area contributed by atoms with E-state index >= 15 is 0 Å². The second-order valence-corrected chi connectivity index (χ2v) is 10.0. The van der Waals surface area contributed by atoms with Crippen molar-refractivity contribution in [2.45, 2.75) is 24.4 Å². The van der Waals surface area contributed by atoms with E-state index in [1.807, 2.05) is 43.5 Å². The van der Waals surface area contributed by atoms with Crippen LogP contribution in [0.1, 0.15) is 40.1 Å². The highest BCUT2D eigenvalue weighted by Gasteiger charge is 2.14. The minimum absolute atomic E-state index is 0.0280. The fourth-order valence-electron chi connectivity index (χ4n) is 3.55. The molecule has 1 aromatic carbocycles. The van der Waals surface area contributed by atoms with Crippen LogP contribution in [0, 0.1) is 0 Å². The minimum atomic E-state index is -3.42. The molecule has 8 heteroatoms. The van der Waals surface area contributed by atoms with Crippen LogP contribution in [0.3, 0.4) is 0 Å². The molecule has 1 amide bonds. The lowest BCUT2D eigenvalue weighted by molar-refractivity contribution is 0.102. The fourth-order valence-corrected chi connectivity index (χ4v) is 4.11. The molecule has 0 fully saturated rings. The quantitative estimate of drug-likeness (QED) is 0.564. The van der Waals surface area contributed by atoms with Gasteiger partial charge in [-0.3, -0.25) is 9.78 Å². The molecule has 4 rings (SSSR count). The number of hydrogen-bond acceptors (Lipinski definition) is 6. The lowest BCUT2D eigenvalue weighted by Crippen LogP contribution is -2.14. The minimum Gasteiger partial charge on any atom is -0.377 e. The summed E-state index contributed by atoms with van der Waals surface area (Å²) < 4.78 is 23.1. The number of amides is 1. The molecule has 168 valence electrons. The zero-order chi connectivity index (χ0) is 23.6. The van der Waals surface area contributed by atoms with Crippen LogP contribution in [0.25, 0.3) is 6.08 Å². The molecular weight excluding hydrogens is 436 g/mol. The maximum absolute atomic E-state index is 12.6. The second-order valence-electron chi connectivity index (χ2n) is 8.04. The molecule has 2 aromatic heterocycles. The van der Waals surface area contributed by atoms with Crippen LogP contribution in [0.4, 0.5) is 11.4 Å². The number of hydrogen-bond donors (Lipinski definition) is 2. The van der Waals surface area contributed by atoms with E-state index < -0.39 is 9.84 Å². The van der Waals surface area contributed by atoms with Crippen molar-refractivity contribution in [3.8, 4) is 0 Å². The lowest BCUT2D eigenvalue weighted by atomic mass is 9.98. The highest BCUT2D eigenvalue weighted by molar-refractivity contribution is 7.90. The largest absolute Gasteiger partial charge is 0.377 e. The molecule has 0 spiro atoms. The van der Waals surface area contributed by atoms with Crippen LogP contribution in [0.15, 0.2) is 78.1 Å². The van der Waals surface area contributed by atoms with Gasteiger partial charge in [-0.1, -0.05) is 30.4 Å². The van der Waals surface area contributed by atoms with Gasteiger partial charge in [0.25, 0.3) is 5.91 Å². The number of rotatable bonds is 6. The van der Waals surface area contributed by atoms with Crippen molar-refractivity contribution in [3.05, 3.63) is 95.5 Å². The molecule has 1 aliphatic carbocycles. The van der Waals surface area contributed by atoms with Gasteiger partial charge in [-0.2, -0.15) is 0 Å². The first-order chi connectivity index (χ1) is 15.7. The van der Waals surface area contributed by atoms with Gasteiger partial charge in [0.2, 0.25) is 0 Å². The molecule has 7 nitrogen and oxygen atoms in total. The van der Waals surface area contributed by atoms with Crippen LogP contribution in [0.5, 0.6) is 0 Å². The number of fused-ring (bicyclic) bond motifs is 1. The maximum atomic E-state index is 12.6. The highest BCUT2D eigenvalue weighted by Crippen LogP contribution is 2.26. The van der Waals surface area contributed by atoms with E-state index in [0.717, 1.165) is 40.8 Å². The van der Waals surface area contributed by atoms with Gasteiger partial charge in [0.05, 0.1) is 23.1 Å². The lowest BCUT2D eigenvalue weighted by Gasteiger charge is -2.19. The summed E-state index contributed by atoms with van der Waals surface area (Å²) in [5.41, 5.74) is 5.95. The summed E-state index contributed by atoms with van der Waals surface area (Å²) in [5.74, 6) is -0.368. The number of nitrogens with zero attached hydrogens (tertiary/aromatic N) is 2. The standard InChI is InChI=1S/C25H24N4O3S/c1-16-7-9-23-20(11-16)13-22(15-26-23)28-17(2)18-5-4-6-21(12-18)29-25(30)19-8-10-24(27-14-19)33(3,31)32/h4-10,12-15,17,28H,1,11H2,2-3H3,(H,29,30)/t17-/m0/s1. The Labute approximate surface area is 193 Å². The predicted molar refractivity (Wildman–Crippen MR) is 130 cm³/mol. The molecule has 2 N–H and O–H groups in total. The van der Waals surface area contributed by atoms with E-state index in [0.29, 0.717) is 5.69 Å². The smallest absolute Gasteiger partial charge is 0.257 e. The van der Waals surface area contributed by atoms with E-state index in [2.05, 4.69) is 33.2 Å². The third kappa shape index (κ3) is 5.35. The molecule has 3 aromatic rings. The van der Waals surface area contributed by atoms with E-state index in [1.54, 1.807) is 6.07 Å². The van der Waals surface area contributed by atoms with Crippen molar-refractivity contribution < 1.29 is 13.2 Å². The first-order valence-corrected chi connectivity index (χ1v) is 12.3. The number of aromatic nitrogens is 2. The Morgan fingerprint density at radius 2 is 1.88 bits per heavy atom. The third-order valence-corrected chi connectivity index (χ3v) is 6.30. The second kappa shape index (κ2) is 8.99. The summed E-state index contributed by atoms with van der Waals surface area (Å²) in [5, 5.41) is 6.22. The predicted octanol–water partition coefficient (Wildman–Crippen LogP) is 4.43. The van der Waals surface area contributed by atoms with Crippen LogP contribution in [-0.4, -0.2) is 30.5 Å². The summed E-state index contributed by atoms with van der Waals surface area (Å²) in [7, 11) is -3.42. The van der Waals surface area contributed by atoms with Crippen molar-refractivity contribution in [2.75, 3.05) is 16.9 Å². The van der Waals surface area contributed by atoms with E-state index in [4.69, 9.17) is 0 Å². The molecule has 1 atom stereocenters. The Kier molecular flexibility index (Phi) is 6.11. The number of pyridine rings is 2. The van der Waals surface area contributed by atoms with Crippen molar-refractivity contribution in [1.82, 2.24) is 9.97 Å². The first kappa shape index (κ1) is 22.4. The molecule has 0 radical (unpaired) electrons. The van der Waals surface area contributed by atoms with Gasteiger partial charge in [0, 0.05) is 24.2 Å². The van der Waals surface area contributed by atoms with Gasteiger partial charge < -0.3 is 10.6 Å². The molecule has 33 heavy (non-hydrogen) atoms. The van der Waals surface area contributed by atoms with Crippen molar-refractivity contribution in [3.63, 3.8) is 0 Å². The van der Waals surface area contributed by atoms with Crippen molar-refractivity contribution in [2.24, 2.45) is 0 Å².